The van der Waals surface area contributed by atoms with Crippen molar-refractivity contribution in [3.63, 3.8) is 0 Å². The highest BCUT2D eigenvalue weighted by Gasteiger charge is 2.24. The fourth-order valence-corrected chi connectivity index (χ4v) is 5.45. The van der Waals surface area contributed by atoms with E-state index in [9.17, 15) is 14.0 Å². The number of likely N-dealkylation sites (N-methyl/N-ethyl adjacent to an activating group) is 1. The number of ether oxygens (including phenoxy) is 2. The molecule has 1 atom stereocenters. The summed E-state index contributed by atoms with van der Waals surface area (Å²) >= 11 is 2.51. The zero-order valence-corrected chi connectivity index (χ0v) is 19.7. The van der Waals surface area contributed by atoms with Crippen LogP contribution in [0.1, 0.15) is 0 Å². The molecule has 1 unspecified atom stereocenters. The van der Waals surface area contributed by atoms with Crippen LogP contribution in [0, 0.1) is 5.82 Å². The Morgan fingerprint density at radius 3 is 2.79 bits per heavy atom. The Morgan fingerprint density at radius 1 is 1.24 bits per heavy atom. The molecule has 2 aromatic carbocycles. The maximum Gasteiger partial charge on any atom is 0.260 e. The van der Waals surface area contributed by atoms with Crippen LogP contribution in [0.3, 0.4) is 0 Å². The minimum Gasteiger partial charge on any atom is -0.486 e. The topological polar surface area (TPSA) is 84.5 Å². The number of para-hydroxylation sites is 2. The number of hydrogen-bond acceptors (Lipinski definition) is 7. The summed E-state index contributed by atoms with van der Waals surface area (Å²) in [6, 6.07) is 13.4. The summed E-state index contributed by atoms with van der Waals surface area (Å²) < 4.78 is 24.9. The van der Waals surface area contributed by atoms with Crippen LogP contribution in [-0.2, 0) is 4.79 Å². The molecule has 0 bridgehead atoms. The number of thiophene rings is 1. The number of carbonyl (C=O) groups is 1. The van der Waals surface area contributed by atoms with Crippen LogP contribution >= 0.6 is 23.1 Å². The van der Waals surface area contributed by atoms with Crippen LogP contribution in [0.15, 0.2) is 63.9 Å². The third kappa shape index (κ3) is 4.64. The largest absolute Gasteiger partial charge is 0.486 e. The van der Waals surface area contributed by atoms with Gasteiger partial charge in [-0.15, -0.1) is 11.3 Å². The smallest absolute Gasteiger partial charge is 0.260 e. The monoisotopic (exact) mass is 497 g/mol. The minimum atomic E-state index is -0.337. The van der Waals surface area contributed by atoms with Gasteiger partial charge in [0.1, 0.15) is 17.3 Å². The van der Waals surface area contributed by atoms with E-state index in [1.807, 2.05) is 29.6 Å². The number of fused-ring (bicyclic) bond motifs is 2. The maximum atomic E-state index is 13.2. The minimum absolute atomic E-state index is 0.116. The summed E-state index contributed by atoms with van der Waals surface area (Å²) in [4.78, 5) is 34.8. The highest BCUT2D eigenvalue weighted by atomic mass is 32.2. The third-order valence-electron chi connectivity index (χ3n) is 5.38. The fraction of sp³-hybridized carbons (Fsp3) is 0.208. The molecule has 5 rings (SSSR count). The van der Waals surface area contributed by atoms with Gasteiger partial charge in [-0.05, 0) is 29.8 Å². The number of rotatable bonds is 6. The lowest BCUT2D eigenvalue weighted by atomic mass is 10.1. The summed E-state index contributed by atoms with van der Waals surface area (Å²) in [5.41, 5.74) is 1.16. The first kappa shape index (κ1) is 22.4. The molecule has 0 saturated carbocycles. The van der Waals surface area contributed by atoms with Gasteiger partial charge in [0.2, 0.25) is 5.91 Å². The Balaban J connectivity index is 1.23. The lowest BCUT2D eigenvalue weighted by molar-refractivity contribution is -0.128. The van der Waals surface area contributed by atoms with Crippen LogP contribution in [0.5, 0.6) is 11.5 Å². The Bertz CT molecular complexity index is 1400. The molecule has 174 valence electrons. The van der Waals surface area contributed by atoms with E-state index >= 15 is 0 Å². The van der Waals surface area contributed by atoms with Gasteiger partial charge in [-0.2, -0.15) is 0 Å². The molecule has 0 fully saturated rings. The second-order valence-electron chi connectivity index (χ2n) is 7.77. The number of thioether (sulfide) groups is 1. The van der Waals surface area contributed by atoms with Crippen LogP contribution in [0.4, 0.5) is 4.39 Å². The van der Waals surface area contributed by atoms with E-state index < -0.39 is 0 Å². The van der Waals surface area contributed by atoms with Crippen molar-refractivity contribution >= 4 is 39.2 Å². The summed E-state index contributed by atoms with van der Waals surface area (Å²) in [6.07, 6.45) is -0.265. The summed E-state index contributed by atoms with van der Waals surface area (Å²) in [5.74, 6) is 1.03. The zero-order chi connectivity index (χ0) is 23.7. The van der Waals surface area contributed by atoms with Gasteiger partial charge < -0.3 is 19.4 Å². The van der Waals surface area contributed by atoms with Crippen molar-refractivity contribution in [2.24, 2.45) is 0 Å². The zero-order valence-electron chi connectivity index (χ0n) is 18.1. The number of hydrogen-bond donors (Lipinski definition) is 1. The molecule has 1 aliphatic rings. The Morgan fingerprint density at radius 2 is 2.00 bits per heavy atom. The number of benzene rings is 2. The normalized spacial score (nSPS) is 14.8. The van der Waals surface area contributed by atoms with Gasteiger partial charge in [0.15, 0.2) is 22.8 Å². The Hall–Kier alpha value is -3.37. The lowest BCUT2D eigenvalue weighted by Crippen LogP contribution is -2.42. The molecule has 4 aromatic rings. The number of aromatic nitrogens is 2. The van der Waals surface area contributed by atoms with Crippen molar-refractivity contribution in [1.29, 1.82) is 0 Å². The van der Waals surface area contributed by atoms with Gasteiger partial charge in [-0.3, -0.25) is 9.59 Å². The summed E-state index contributed by atoms with van der Waals surface area (Å²) in [6.45, 7) is 0.741. The van der Waals surface area contributed by atoms with E-state index in [0.717, 1.165) is 5.56 Å². The van der Waals surface area contributed by atoms with Gasteiger partial charge in [-0.1, -0.05) is 36.0 Å². The van der Waals surface area contributed by atoms with Crippen molar-refractivity contribution < 1.29 is 18.7 Å². The predicted molar refractivity (Wildman–Crippen MR) is 130 cm³/mol. The van der Waals surface area contributed by atoms with Crippen molar-refractivity contribution in [2.45, 2.75) is 11.3 Å². The van der Waals surface area contributed by atoms with Gasteiger partial charge in [0.25, 0.3) is 5.56 Å². The SMILES string of the molecule is CN(CC1COc2ccccc2O1)C(=O)CSc1nc2scc(-c3ccc(F)cc3)c2c(=O)[nH]1. The highest BCUT2D eigenvalue weighted by molar-refractivity contribution is 7.99. The third-order valence-corrected chi connectivity index (χ3v) is 7.11. The molecule has 2 aromatic heterocycles. The Kier molecular flexibility index (Phi) is 6.25. The maximum absolute atomic E-state index is 13.2. The van der Waals surface area contributed by atoms with Crippen LogP contribution in [-0.4, -0.2) is 52.8 Å². The summed E-state index contributed by atoms with van der Waals surface area (Å²) in [5, 5.41) is 2.66. The second-order valence-corrected chi connectivity index (χ2v) is 9.59. The summed E-state index contributed by atoms with van der Waals surface area (Å²) in [7, 11) is 1.71. The van der Waals surface area contributed by atoms with Crippen molar-refractivity contribution in [1.82, 2.24) is 14.9 Å². The average molecular weight is 498 g/mol. The number of nitrogens with zero attached hydrogens (tertiary/aromatic N) is 2. The molecule has 0 radical (unpaired) electrons. The van der Waals surface area contributed by atoms with Gasteiger partial charge in [0.05, 0.1) is 17.7 Å². The average Bonchev–Trinajstić information content (AvgIpc) is 3.27. The Labute approximate surface area is 202 Å². The van der Waals surface area contributed by atoms with Crippen molar-refractivity contribution in [3.05, 3.63) is 70.1 Å². The molecule has 3 heterocycles. The van der Waals surface area contributed by atoms with Crippen LogP contribution in [0.25, 0.3) is 21.3 Å². The molecule has 1 N–H and O–H groups in total. The predicted octanol–water partition coefficient (Wildman–Crippen LogP) is 4.18. The van der Waals surface area contributed by atoms with E-state index in [1.54, 1.807) is 24.1 Å². The van der Waals surface area contributed by atoms with E-state index in [4.69, 9.17) is 9.47 Å². The lowest BCUT2D eigenvalue weighted by Gasteiger charge is -2.29. The van der Waals surface area contributed by atoms with E-state index in [-0.39, 0.29) is 29.1 Å². The van der Waals surface area contributed by atoms with Gasteiger partial charge >= 0.3 is 0 Å². The van der Waals surface area contributed by atoms with Crippen molar-refractivity contribution in [3.8, 4) is 22.6 Å². The number of nitrogens with one attached hydrogen (secondary N) is 1. The molecule has 0 spiro atoms. The van der Waals surface area contributed by atoms with Gasteiger partial charge in [-0.25, -0.2) is 9.37 Å². The molecule has 0 aliphatic carbocycles. The quantitative estimate of drug-likeness (QED) is 0.318. The van der Waals surface area contributed by atoms with Gasteiger partial charge in [0, 0.05) is 18.0 Å². The molecular weight excluding hydrogens is 477 g/mol. The standard InChI is InChI=1S/C24H20FN3O4S2/c1-28(10-16-11-31-18-4-2-3-5-19(18)32-16)20(29)13-34-24-26-22(30)21-17(12-33-23(21)27-24)14-6-8-15(25)9-7-14/h2-9,12,16H,10-11,13H2,1H3,(H,26,27,30). The first-order valence-corrected chi connectivity index (χ1v) is 12.4. The molecule has 0 saturated heterocycles. The highest BCUT2D eigenvalue weighted by Crippen LogP contribution is 2.32. The molecular formula is C24H20FN3O4S2. The van der Waals surface area contributed by atoms with E-state index in [2.05, 4.69) is 9.97 Å². The van der Waals surface area contributed by atoms with Crippen LogP contribution < -0.4 is 15.0 Å². The van der Waals surface area contributed by atoms with Crippen molar-refractivity contribution in [2.75, 3.05) is 26.0 Å². The molecule has 34 heavy (non-hydrogen) atoms. The molecule has 1 aliphatic heterocycles. The fourth-order valence-electron chi connectivity index (χ4n) is 3.64. The molecule has 10 heteroatoms. The van der Waals surface area contributed by atoms with E-state index in [1.165, 1.54) is 35.2 Å². The second kappa shape index (κ2) is 9.47. The first-order chi connectivity index (χ1) is 16.5. The van der Waals surface area contributed by atoms with E-state index in [0.29, 0.717) is 45.6 Å². The molecule has 1 amide bonds. The number of aromatic amines is 1. The number of carbonyl (C=O) groups excluding carboxylic acids is 1. The number of amides is 1. The van der Waals surface area contributed by atoms with Crippen LogP contribution in [0.2, 0.25) is 0 Å². The number of halogens is 1. The molecule has 7 nitrogen and oxygen atoms in total. The first-order valence-electron chi connectivity index (χ1n) is 10.5. The number of H-pyrrole nitrogens is 1.